The van der Waals surface area contributed by atoms with E-state index in [1.807, 2.05) is 43.3 Å². The largest absolute Gasteiger partial charge is 0.304 e. The number of para-hydroxylation sites is 1. The highest BCUT2D eigenvalue weighted by Gasteiger charge is 2.22. The molecule has 1 aliphatic rings. The molecule has 1 fully saturated rings. The zero-order chi connectivity index (χ0) is 19.0. The van der Waals surface area contributed by atoms with Crippen LogP contribution < -0.4 is 0 Å². The van der Waals surface area contributed by atoms with Crippen molar-refractivity contribution in [3.05, 3.63) is 65.9 Å². The standard InChI is InChI=1S/C21H25N3O2S/c1-17-7-9-19(10-8-17)27(25,26)24-16-18(20-5-3-4-6-21(20)24)15-23-13-11-22(2)12-14-23/h3-10,16H,11-15H2,1-2H3. The normalized spacial score (nSPS) is 16.8. The van der Waals surface area contributed by atoms with Crippen molar-refractivity contribution in [2.24, 2.45) is 0 Å². The number of fused-ring (bicyclic) bond motifs is 1. The lowest BCUT2D eigenvalue weighted by atomic mass is 10.1. The molecule has 6 heteroatoms. The molecule has 0 N–H and O–H groups in total. The third-order valence-electron chi connectivity index (χ3n) is 5.33. The lowest BCUT2D eigenvalue weighted by molar-refractivity contribution is 0.148. The van der Waals surface area contributed by atoms with Crippen molar-refractivity contribution in [2.45, 2.75) is 18.4 Å². The fraction of sp³-hybridized carbons (Fsp3) is 0.333. The summed E-state index contributed by atoms with van der Waals surface area (Å²) in [5, 5.41) is 1.01. The molecule has 1 aromatic heterocycles. The molecule has 1 aliphatic heterocycles. The Morgan fingerprint density at radius 1 is 0.926 bits per heavy atom. The second kappa shape index (κ2) is 7.11. The van der Waals surface area contributed by atoms with Gasteiger partial charge in [-0.15, -0.1) is 0 Å². The zero-order valence-electron chi connectivity index (χ0n) is 15.8. The summed E-state index contributed by atoms with van der Waals surface area (Å²) in [6.45, 7) is 6.81. The number of hydrogen-bond donors (Lipinski definition) is 0. The van der Waals surface area contributed by atoms with Crippen LogP contribution in [-0.2, 0) is 16.6 Å². The monoisotopic (exact) mass is 383 g/mol. The summed E-state index contributed by atoms with van der Waals surface area (Å²) in [5.41, 5.74) is 2.84. The molecule has 142 valence electrons. The first-order valence-electron chi connectivity index (χ1n) is 9.27. The first-order valence-corrected chi connectivity index (χ1v) is 10.7. The molecule has 1 saturated heterocycles. The number of benzene rings is 2. The zero-order valence-corrected chi connectivity index (χ0v) is 16.6. The first kappa shape index (κ1) is 18.2. The Hall–Kier alpha value is -2.15. The van der Waals surface area contributed by atoms with Crippen LogP contribution in [0.5, 0.6) is 0 Å². The molecule has 5 nitrogen and oxygen atoms in total. The molecule has 0 aliphatic carbocycles. The van der Waals surface area contributed by atoms with Crippen LogP contribution in [0.1, 0.15) is 11.1 Å². The van der Waals surface area contributed by atoms with E-state index in [0.717, 1.165) is 54.8 Å². The molecule has 0 bridgehead atoms. The van der Waals surface area contributed by atoms with E-state index >= 15 is 0 Å². The minimum absolute atomic E-state index is 0.319. The Bertz CT molecular complexity index is 1050. The van der Waals surface area contributed by atoms with Gasteiger partial charge in [-0.25, -0.2) is 12.4 Å². The Labute approximate surface area is 160 Å². The van der Waals surface area contributed by atoms with E-state index in [1.165, 1.54) is 3.97 Å². The summed E-state index contributed by atoms with van der Waals surface area (Å²) in [7, 11) is -1.48. The lowest BCUT2D eigenvalue weighted by Crippen LogP contribution is -2.43. The number of nitrogens with zero attached hydrogens (tertiary/aromatic N) is 3. The van der Waals surface area contributed by atoms with Crippen molar-refractivity contribution >= 4 is 20.9 Å². The molecule has 0 atom stereocenters. The summed E-state index contributed by atoms with van der Waals surface area (Å²) < 4.78 is 27.9. The van der Waals surface area contributed by atoms with Gasteiger partial charge in [-0.1, -0.05) is 35.9 Å². The van der Waals surface area contributed by atoms with Gasteiger partial charge in [-0.05, 0) is 37.7 Å². The molecular formula is C21H25N3O2S. The van der Waals surface area contributed by atoms with Gasteiger partial charge in [0.15, 0.2) is 0 Å². The number of aryl methyl sites for hydroxylation is 1. The minimum atomic E-state index is -3.62. The van der Waals surface area contributed by atoms with Crippen molar-refractivity contribution in [2.75, 3.05) is 33.2 Å². The number of hydrogen-bond acceptors (Lipinski definition) is 4. The molecule has 0 unspecified atom stereocenters. The topological polar surface area (TPSA) is 45.6 Å². The van der Waals surface area contributed by atoms with Gasteiger partial charge in [0.2, 0.25) is 0 Å². The highest BCUT2D eigenvalue weighted by atomic mass is 32.2. The molecule has 0 spiro atoms. The van der Waals surface area contributed by atoms with Gasteiger partial charge in [-0.3, -0.25) is 4.90 Å². The van der Waals surface area contributed by atoms with E-state index in [0.29, 0.717) is 4.90 Å². The highest BCUT2D eigenvalue weighted by molar-refractivity contribution is 7.90. The van der Waals surface area contributed by atoms with E-state index in [-0.39, 0.29) is 0 Å². The Morgan fingerprint density at radius 3 is 2.30 bits per heavy atom. The highest BCUT2D eigenvalue weighted by Crippen LogP contribution is 2.27. The van der Waals surface area contributed by atoms with Crippen molar-refractivity contribution in [1.29, 1.82) is 0 Å². The Balaban J connectivity index is 1.74. The smallest absolute Gasteiger partial charge is 0.268 e. The van der Waals surface area contributed by atoms with Gasteiger partial charge in [0.1, 0.15) is 0 Å². The number of rotatable bonds is 4. The molecule has 0 amide bonds. The SMILES string of the molecule is Cc1ccc(S(=O)(=O)n2cc(CN3CCN(C)CC3)c3ccccc32)cc1. The molecule has 3 aromatic rings. The molecular weight excluding hydrogens is 358 g/mol. The van der Waals surface area contributed by atoms with Crippen LogP contribution in [0.4, 0.5) is 0 Å². The van der Waals surface area contributed by atoms with E-state index in [1.54, 1.807) is 18.3 Å². The number of likely N-dealkylation sites (N-methyl/N-ethyl adjacent to an activating group) is 1. The molecule has 4 rings (SSSR count). The first-order chi connectivity index (χ1) is 12.9. The van der Waals surface area contributed by atoms with Gasteiger partial charge < -0.3 is 4.90 Å². The minimum Gasteiger partial charge on any atom is -0.304 e. The molecule has 2 aromatic carbocycles. The van der Waals surface area contributed by atoms with Crippen LogP contribution in [0.25, 0.3) is 10.9 Å². The maximum absolute atomic E-state index is 13.3. The fourth-order valence-electron chi connectivity index (χ4n) is 3.61. The maximum atomic E-state index is 13.3. The van der Waals surface area contributed by atoms with E-state index in [2.05, 4.69) is 16.8 Å². The average Bonchev–Trinajstić information content (AvgIpc) is 3.03. The maximum Gasteiger partial charge on any atom is 0.268 e. The Morgan fingerprint density at radius 2 is 1.59 bits per heavy atom. The summed E-state index contributed by atoms with van der Waals surface area (Å²) in [5.74, 6) is 0. The Kier molecular flexibility index (Phi) is 4.80. The third kappa shape index (κ3) is 3.52. The third-order valence-corrected chi connectivity index (χ3v) is 7.02. The van der Waals surface area contributed by atoms with Gasteiger partial charge in [0.05, 0.1) is 10.4 Å². The van der Waals surface area contributed by atoms with E-state index in [4.69, 9.17) is 0 Å². The van der Waals surface area contributed by atoms with E-state index < -0.39 is 10.0 Å². The fourth-order valence-corrected chi connectivity index (χ4v) is 5.00. The van der Waals surface area contributed by atoms with Crippen LogP contribution >= 0.6 is 0 Å². The van der Waals surface area contributed by atoms with Gasteiger partial charge in [-0.2, -0.15) is 0 Å². The van der Waals surface area contributed by atoms with E-state index in [9.17, 15) is 8.42 Å². The van der Waals surface area contributed by atoms with Crippen LogP contribution in [-0.4, -0.2) is 55.4 Å². The van der Waals surface area contributed by atoms with Gasteiger partial charge in [0.25, 0.3) is 10.0 Å². The van der Waals surface area contributed by atoms with Crippen molar-refractivity contribution in [3.8, 4) is 0 Å². The second-order valence-corrected chi connectivity index (χ2v) is 9.18. The van der Waals surface area contributed by atoms with Crippen molar-refractivity contribution in [1.82, 2.24) is 13.8 Å². The summed E-state index contributed by atoms with van der Waals surface area (Å²) in [6, 6.07) is 14.8. The molecule has 27 heavy (non-hydrogen) atoms. The van der Waals surface area contributed by atoms with Crippen molar-refractivity contribution in [3.63, 3.8) is 0 Å². The summed E-state index contributed by atoms with van der Waals surface area (Å²) in [4.78, 5) is 5.03. The van der Waals surface area contributed by atoms with Crippen LogP contribution in [0.15, 0.2) is 59.6 Å². The van der Waals surface area contributed by atoms with Gasteiger partial charge in [0, 0.05) is 44.3 Å². The van der Waals surface area contributed by atoms with Crippen molar-refractivity contribution < 1.29 is 8.42 Å². The molecule has 2 heterocycles. The summed E-state index contributed by atoms with van der Waals surface area (Å²) in [6.07, 6.45) is 1.80. The van der Waals surface area contributed by atoms with Crippen LogP contribution in [0.2, 0.25) is 0 Å². The predicted octanol–water partition coefficient (Wildman–Crippen LogP) is 2.93. The quantitative estimate of drug-likeness (QED) is 0.695. The second-order valence-electron chi connectivity index (χ2n) is 7.36. The molecule has 0 saturated carbocycles. The van der Waals surface area contributed by atoms with Crippen LogP contribution in [0.3, 0.4) is 0 Å². The average molecular weight is 384 g/mol. The predicted molar refractivity (Wildman–Crippen MR) is 108 cm³/mol. The van der Waals surface area contributed by atoms with Crippen LogP contribution in [0, 0.1) is 6.92 Å². The lowest BCUT2D eigenvalue weighted by Gasteiger charge is -2.32. The molecule has 0 radical (unpaired) electrons. The number of piperazine rings is 1. The number of aromatic nitrogens is 1. The summed E-state index contributed by atoms with van der Waals surface area (Å²) >= 11 is 0. The van der Waals surface area contributed by atoms with Gasteiger partial charge >= 0.3 is 0 Å².